The number of hydrazone groups is 1. The highest BCUT2D eigenvalue weighted by Gasteiger charge is 2.31. The number of thiazole rings is 2. The van der Waals surface area contributed by atoms with Gasteiger partial charge in [-0.15, -0.1) is 22.7 Å². The molecule has 6 aromatic rings. The van der Waals surface area contributed by atoms with Gasteiger partial charge in [-0.25, -0.2) is 29.6 Å². The molecule has 4 aromatic carbocycles. The van der Waals surface area contributed by atoms with Gasteiger partial charge in [0.2, 0.25) is 11.9 Å². The zero-order valence-electron chi connectivity index (χ0n) is 36.6. The van der Waals surface area contributed by atoms with E-state index in [4.69, 9.17) is 52.5 Å². The van der Waals surface area contributed by atoms with Crippen molar-refractivity contribution >= 4 is 80.3 Å². The van der Waals surface area contributed by atoms with E-state index in [1.165, 1.54) is 22.7 Å². The first-order valence-corrected chi connectivity index (χ1v) is 23.8. The van der Waals surface area contributed by atoms with Crippen LogP contribution in [-0.4, -0.2) is 72.6 Å². The average molecular weight is 954 g/mol. The van der Waals surface area contributed by atoms with Gasteiger partial charge >= 0.3 is 17.9 Å². The maximum absolute atomic E-state index is 13.6. The van der Waals surface area contributed by atoms with Crippen molar-refractivity contribution in [3.05, 3.63) is 140 Å². The van der Waals surface area contributed by atoms with Crippen LogP contribution in [0.15, 0.2) is 113 Å². The highest BCUT2D eigenvalue weighted by Crippen LogP contribution is 2.35. The van der Waals surface area contributed by atoms with E-state index in [1.807, 2.05) is 102 Å². The Morgan fingerprint density at radius 3 is 2.02 bits per heavy atom. The van der Waals surface area contributed by atoms with Crippen molar-refractivity contribution in [1.82, 2.24) is 15.0 Å². The van der Waals surface area contributed by atoms with Crippen molar-refractivity contribution in [2.24, 2.45) is 10.5 Å². The van der Waals surface area contributed by atoms with Crippen LogP contribution in [0.4, 0.5) is 10.3 Å². The molecule has 338 valence electrons. The van der Waals surface area contributed by atoms with Crippen molar-refractivity contribution in [2.75, 3.05) is 37.5 Å². The molecule has 0 saturated heterocycles. The van der Waals surface area contributed by atoms with E-state index in [0.29, 0.717) is 49.7 Å². The number of nitrogens with zero attached hydrogens (tertiary/aromatic N) is 6. The van der Waals surface area contributed by atoms with E-state index in [-0.39, 0.29) is 25.0 Å². The molecule has 1 aliphatic rings. The van der Waals surface area contributed by atoms with E-state index in [1.54, 1.807) is 55.4 Å². The molecule has 2 aromatic heterocycles. The maximum atomic E-state index is 13.6. The summed E-state index contributed by atoms with van der Waals surface area (Å²) >= 11 is 15.8. The van der Waals surface area contributed by atoms with E-state index in [0.717, 1.165) is 54.1 Å². The first-order chi connectivity index (χ1) is 31.4. The minimum absolute atomic E-state index is 0.0945. The smallest absolute Gasteiger partial charge is 0.341 e. The number of hydrazine groups is 1. The van der Waals surface area contributed by atoms with Crippen molar-refractivity contribution in [2.45, 2.75) is 65.0 Å². The van der Waals surface area contributed by atoms with Crippen LogP contribution in [0.5, 0.6) is 0 Å². The summed E-state index contributed by atoms with van der Waals surface area (Å²) in [7, 11) is 3.79. The predicted octanol–water partition coefficient (Wildman–Crippen LogP) is 11.8. The Morgan fingerprint density at radius 1 is 0.754 bits per heavy atom. The SMILES string of the molecule is CN(Cc1ccccc1C(=O)OCOC(=O)C(C)(C)CCN(/N=C/c1ccccc1C(=O)OC1CCCCC1)c1nc(-c2ccccc2Cl)cs1)N(C)c1nc(-c2ccccc2Cl)cs1. The molecule has 0 bridgehead atoms. The average Bonchev–Trinajstić information content (AvgIpc) is 4.01. The lowest BCUT2D eigenvalue weighted by atomic mass is 9.89. The minimum Gasteiger partial charge on any atom is -0.459 e. The number of hydrogen-bond acceptors (Lipinski definition) is 14. The van der Waals surface area contributed by atoms with Gasteiger partial charge in [-0.05, 0) is 75.8 Å². The highest BCUT2D eigenvalue weighted by molar-refractivity contribution is 7.14. The van der Waals surface area contributed by atoms with Crippen molar-refractivity contribution < 1.29 is 28.6 Å². The fraction of sp³-hybridized carbons (Fsp3) is 0.306. The molecule has 0 unspecified atom stereocenters. The van der Waals surface area contributed by atoms with Gasteiger partial charge in [0.05, 0.1) is 34.1 Å². The third-order valence-electron chi connectivity index (χ3n) is 11.2. The summed E-state index contributed by atoms with van der Waals surface area (Å²) in [6, 6.07) is 29.3. The van der Waals surface area contributed by atoms with Gasteiger partial charge in [0.25, 0.3) is 0 Å². The van der Waals surface area contributed by atoms with Gasteiger partial charge < -0.3 is 14.2 Å². The zero-order valence-corrected chi connectivity index (χ0v) is 39.8. The van der Waals surface area contributed by atoms with E-state index in [2.05, 4.69) is 0 Å². The van der Waals surface area contributed by atoms with Crippen LogP contribution in [0, 0.1) is 5.41 Å². The quantitative estimate of drug-likeness (QED) is 0.0354. The molecule has 16 heteroatoms. The Labute approximate surface area is 397 Å². The maximum Gasteiger partial charge on any atom is 0.341 e. The molecule has 1 aliphatic carbocycles. The van der Waals surface area contributed by atoms with Gasteiger partial charge in [0, 0.05) is 64.7 Å². The van der Waals surface area contributed by atoms with E-state index >= 15 is 0 Å². The summed E-state index contributed by atoms with van der Waals surface area (Å²) in [4.78, 5) is 50.0. The highest BCUT2D eigenvalue weighted by atomic mass is 35.5. The Hall–Kier alpha value is -5.64. The number of anilines is 2. The van der Waals surface area contributed by atoms with Crippen LogP contribution >= 0.6 is 45.9 Å². The molecule has 2 heterocycles. The molecule has 0 atom stereocenters. The standard InChI is InChI=1S/C49H50Cl2N6O6S2/c1-49(2,46(60)62-32-61-44(58)37-21-11-9-17-34(37)29-55(3)56(4)47-53-42(30-64-47)38-22-12-14-24-40(38)50)26-27-57(48-54-43(31-65-48)39-23-13-15-25-41(39)51)52-28-33-16-8-10-20-36(33)45(59)63-35-18-6-5-7-19-35/h8-17,20-25,28,30-31,35H,5-7,18-19,26-27,29,32H2,1-4H3/b52-28+. The van der Waals surface area contributed by atoms with Crippen LogP contribution in [-0.2, 0) is 25.5 Å². The summed E-state index contributed by atoms with van der Waals surface area (Å²) in [5.41, 5.74) is 4.11. The number of aromatic nitrogens is 2. The molecule has 12 nitrogen and oxygen atoms in total. The lowest BCUT2D eigenvalue weighted by Gasteiger charge is -2.28. The number of carbonyl (C=O) groups is 3. The topological polar surface area (TPSA) is 127 Å². The molecule has 7 rings (SSSR count). The lowest BCUT2D eigenvalue weighted by molar-refractivity contribution is -0.162. The van der Waals surface area contributed by atoms with Crippen LogP contribution in [0.3, 0.4) is 0 Å². The summed E-state index contributed by atoms with van der Waals surface area (Å²) in [5.74, 6) is -1.57. The largest absolute Gasteiger partial charge is 0.459 e. The minimum atomic E-state index is -1.03. The van der Waals surface area contributed by atoms with Crippen LogP contribution in [0.1, 0.15) is 84.2 Å². The normalized spacial score (nSPS) is 13.2. The second-order valence-electron chi connectivity index (χ2n) is 16.2. The van der Waals surface area contributed by atoms with E-state index in [9.17, 15) is 14.4 Å². The summed E-state index contributed by atoms with van der Waals surface area (Å²) in [5, 5.41) is 16.7. The molecular weight excluding hydrogens is 904 g/mol. The second kappa shape index (κ2) is 22.0. The van der Waals surface area contributed by atoms with Gasteiger partial charge in [-0.1, -0.05) is 102 Å². The molecular formula is C49H50Cl2N6O6S2. The third-order valence-corrected chi connectivity index (χ3v) is 13.6. The Balaban J connectivity index is 0.985. The van der Waals surface area contributed by atoms with Crippen LogP contribution in [0.25, 0.3) is 22.5 Å². The summed E-state index contributed by atoms with van der Waals surface area (Å²) in [6.45, 7) is 3.56. The number of hydrogen-bond donors (Lipinski definition) is 0. The van der Waals surface area contributed by atoms with Gasteiger partial charge in [0.15, 0.2) is 5.13 Å². The number of esters is 3. The van der Waals surface area contributed by atoms with E-state index < -0.39 is 24.1 Å². The molecule has 65 heavy (non-hydrogen) atoms. The van der Waals surface area contributed by atoms with Crippen molar-refractivity contribution in [1.29, 1.82) is 0 Å². The van der Waals surface area contributed by atoms with Gasteiger partial charge in [0.1, 0.15) is 6.10 Å². The van der Waals surface area contributed by atoms with Gasteiger partial charge in [-0.2, -0.15) is 5.10 Å². The molecule has 1 saturated carbocycles. The number of rotatable bonds is 18. The van der Waals surface area contributed by atoms with Crippen LogP contribution in [0.2, 0.25) is 10.0 Å². The number of ether oxygens (including phenoxy) is 3. The first-order valence-electron chi connectivity index (χ1n) is 21.3. The predicted molar refractivity (Wildman–Crippen MR) is 260 cm³/mol. The number of benzene rings is 4. The third kappa shape index (κ3) is 12.2. The molecule has 0 aliphatic heterocycles. The molecule has 1 fully saturated rings. The second-order valence-corrected chi connectivity index (χ2v) is 18.7. The fourth-order valence-corrected chi connectivity index (χ4v) is 9.27. The Kier molecular flexibility index (Phi) is 16.0. The van der Waals surface area contributed by atoms with Crippen molar-refractivity contribution in [3.63, 3.8) is 0 Å². The Bertz CT molecular complexity index is 2630. The zero-order chi connectivity index (χ0) is 45.9. The lowest BCUT2D eigenvalue weighted by Crippen LogP contribution is -2.36. The molecule has 0 amide bonds. The van der Waals surface area contributed by atoms with Crippen molar-refractivity contribution in [3.8, 4) is 22.5 Å². The van der Waals surface area contributed by atoms with Gasteiger partial charge in [-0.3, -0.25) is 9.80 Å². The summed E-state index contributed by atoms with van der Waals surface area (Å²) in [6.07, 6.45) is 6.77. The molecule has 0 N–H and O–H groups in total. The fourth-order valence-electron chi connectivity index (χ4n) is 7.16. The number of halogens is 2. The Morgan fingerprint density at radius 2 is 1.34 bits per heavy atom. The van der Waals surface area contributed by atoms with Crippen LogP contribution < -0.4 is 10.0 Å². The monoisotopic (exact) mass is 952 g/mol. The molecule has 0 spiro atoms. The molecule has 0 radical (unpaired) electrons. The first kappa shape index (κ1) is 47.3. The number of carbonyl (C=O) groups excluding carboxylic acids is 3. The summed E-state index contributed by atoms with van der Waals surface area (Å²) < 4.78 is 17.0.